The summed E-state index contributed by atoms with van der Waals surface area (Å²) in [5.41, 5.74) is 7.33. The molecule has 2 N–H and O–H groups in total. The van der Waals surface area contributed by atoms with Crippen molar-refractivity contribution in [3.63, 3.8) is 0 Å². The quantitative estimate of drug-likeness (QED) is 0.672. The zero-order valence-electron chi connectivity index (χ0n) is 7.24. The van der Waals surface area contributed by atoms with Crippen molar-refractivity contribution in [3.05, 3.63) is 35.9 Å². The standard InChI is InChI=1S/C11H15N/c12-11-7-6-10(8-11)9-4-2-1-3-5-9/h1-5,10-11H,6-8,12H2/t10-,11?/m1/s1. The number of nitrogens with two attached hydrogens (primary N) is 1. The predicted octanol–water partition coefficient (Wildman–Crippen LogP) is 2.28. The van der Waals surface area contributed by atoms with Crippen LogP contribution in [-0.4, -0.2) is 6.04 Å². The van der Waals surface area contributed by atoms with E-state index in [1.807, 2.05) is 0 Å². The van der Waals surface area contributed by atoms with E-state index < -0.39 is 0 Å². The van der Waals surface area contributed by atoms with E-state index in [9.17, 15) is 0 Å². The smallest absolute Gasteiger partial charge is 0.00448 e. The zero-order chi connectivity index (χ0) is 8.39. The van der Waals surface area contributed by atoms with Gasteiger partial charge in [0.2, 0.25) is 0 Å². The van der Waals surface area contributed by atoms with E-state index in [-0.39, 0.29) is 0 Å². The molecule has 64 valence electrons. The maximum absolute atomic E-state index is 5.86. The van der Waals surface area contributed by atoms with E-state index in [2.05, 4.69) is 30.3 Å². The Morgan fingerprint density at radius 1 is 1.08 bits per heavy atom. The van der Waals surface area contributed by atoms with E-state index >= 15 is 0 Å². The first kappa shape index (κ1) is 7.81. The summed E-state index contributed by atoms with van der Waals surface area (Å²) in [5, 5.41) is 0. The Bertz CT molecular complexity index is 242. The molecule has 1 unspecified atom stereocenters. The van der Waals surface area contributed by atoms with Gasteiger partial charge in [-0.25, -0.2) is 0 Å². The second kappa shape index (κ2) is 3.28. The summed E-state index contributed by atoms with van der Waals surface area (Å²) in [7, 11) is 0. The van der Waals surface area contributed by atoms with E-state index in [4.69, 9.17) is 5.73 Å². The van der Waals surface area contributed by atoms with Gasteiger partial charge in [-0.3, -0.25) is 0 Å². The Balaban J connectivity index is 2.11. The van der Waals surface area contributed by atoms with Gasteiger partial charge in [-0.1, -0.05) is 30.3 Å². The van der Waals surface area contributed by atoms with Crippen LogP contribution in [0.15, 0.2) is 30.3 Å². The molecule has 0 radical (unpaired) electrons. The van der Waals surface area contributed by atoms with E-state index in [1.54, 1.807) is 0 Å². The summed E-state index contributed by atoms with van der Waals surface area (Å²) in [6, 6.07) is 11.2. The van der Waals surface area contributed by atoms with Gasteiger partial charge in [-0.2, -0.15) is 0 Å². The molecule has 1 fully saturated rings. The normalized spacial score (nSPS) is 29.1. The average Bonchev–Trinajstić information content (AvgIpc) is 2.54. The van der Waals surface area contributed by atoms with Crippen molar-refractivity contribution in [2.45, 2.75) is 31.2 Å². The molecule has 0 spiro atoms. The van der Waals surface area contributed by atoms with Gasteiger partial charge in [-0.15, -0.1) is 0 Å². The van der Waals surface area contributed by atoms with Gasteiger partial charge >= 0.3 is 0 Å². The Hall–Kier alpha value is -0.820. The number of hydrogen-bond acceptors (Lipinski definition) is 1. The van der Waals surface area contributed by atoms with Crippen LogP contribution in [0.1, 0.15) is 30.7 Å². The van der Waals surface area contributed by atoms with Crippen molar-refractivity contribution in [2.75, 3.05) is 0 Å². The molecule has 2 atom stereocenters. The minimum atomic E-state index is 0.440. The third kappa shape index (κ3) is 1.51. The Kier molecular flexibility index (Phi) is 2.13. The Morgan fingerprint density at radius 3 is 2.42 bits per heavy atom. The van der Waals surface area contributed by atoms with Gasteiger partial charge in [0.05, 0.1) is 0 Å². The first-order chi connectivity index (χ1) is 5.86. The second-order valence-corrected chi connectivity index (χ2v) is 3.68. The van der Waals surface area contributed by atoms with E-state index in [0.29, 0.717) is 6.04 Å². The van der Waals surface area contributed by atoms with Gasteiger partial charge in [-0.05, 0) is 30.7 Å². The highest BCUT2D eigenvalue weighted by molar-refractivity contribution is 5.20. The lowest BCUT2D eigenvalue weighted by atomic mass is 9.98. The van der Waals surface area contributed by atoms with Gasteiger partial charge in [0.25, 0.3) is 0 Å². The molecule has 1 aromatic rings. The van der Waals surface area contributed by atoms with Gasteiger partial charge in [0, 0.05) is 6.04 Å². The van der Waals surface area contributed by atoms with Crippen LogP contribution in [0.3, 0.4) is 0 Å². The van der Waals surface area contributed by atoms with Crippen molar-refractivity contribution in [1.82, 2.24) is 0 Å². The predicted molar refractivity (Wildman–Crippen MR) is 51.0 cm³/mol. The molecular weight excluding hydrogens is 146 g/mol. The van der Waals surface area contributed by atoms with Crippen LogP contribution >= 0.6 is 0 Å². The number of rotatable bonds is 1. The maximum Gasteiger partial charge on any atom is 0.00448 e. The van der Waals surface area contributed by atoms with E-state index in [1.165, 1.54) is 24.8 Å². The summed E-state index contributed by atoms with van der Waals surface area (Å²) in [6.07, 6.45) is 3.63. The molecule has 0 aliphatic heterocycles. The third-order valence-corrected chi connectivity index (χ3v) is 2.74. The van der Waals surface area contributed by atoms with Crippen molar-refractivity contribution < 1.29 is 0 Å². The molecule has 1 heteroatoms. The monoisotopic (exact) mass is 161 g/mol. The van der Waals surface area contributed by atoms with Crippen molar-refractivity contribution in [3.8, 4) is 0 Å². The lowest BCUT2D eigenvalue weighted by molar-refractivity contribution is 0.675. The van der Waals surface area contributed by atoms with Crippen LogP contribution < -0.4 is 5.73 Å². The molecular formula is C11H15N. The largest absolute Gasteiger partial charge is 0.328 e. The molecule has 0 amide bonds. The van der Waals surface area contributed by atoms with Gasteiger partial charge in [0.1, 0.15) is 0 Å². The molecule has 1 nitrogen and oxygen atoms in total. The van der Waals surface area contributed by atoms with Gasteiger partial charge < -0.3 is 5.73 Å². The first-order valence-corrected chi connectivity index (χ1v) is 4.67. The fourth-order valence-corrected chi connectivity index (χ4v) is 2.04. The highest BCUT2D eigenvalue weighted by atomic mass is 14.6. The fraction of sp³-hybridized carbons (Fsp3) is 0.455. The lowest BCUT2D eigenvalue weighted by Gasteiger charge is -2.08. The summed E-state index contributed by atoms with van der Waals surface area (Å²) in [6.45, 7) is 0. The SMILES string of the molecule is NC1CC[C@@H](c2ccccc2)C1. The highest BCUT2D eigenvalue weighted by Gasteiger charge is 2.22. The molecule has 1 aliphatic carbocycles. The molecule has 1 saturated carbocycles. The third-order valence-electron chi connectivity index (χ3n) is 2.74. The van der Waals surface area contributed by atoms with Crippen molar-refractivity contribution in [2.24, 2.45) is 5.73 Å². The average molecular weight is 161 g/mol. The summed E-state index contributed by atoms with van der Waals surface area (Å²) in [4.78, 5) is 0. The summed E-state index contributed by atoms with van der Waals surface area (Å²) >= 11 is 0. The molecule has 12 heavy (non-hydrogen) atoms. The molecule has 1 aliphatic rings. The molecule has 0 bridgehead atoms. The maximum atomic E-state index is 5.86. The topological polar surface area (TPSA) is 26.0 Å². The minimum absolute atomic E-state index is 0.440. The molecule has 0 heterocycles. The lowest BCUT2D eigenvalue weighted by Crippen LogP contribution is -2.14. The highest BCUT2D eigenvalue weighted by Crippen LogP contribution is 2.32. The van der Waals surface area contributed by atoms with Gasteiger partial charge in [0.15, 0.2) is 0 Å². The van der Waals surface area contributed by atoms with E-state index in [0.717, 1.165) is 5.92 Å². The number of benzene rings is 1. The van der Waals surface area contributed by atoms with Crippen LogP contribution in [-0.2, 0) is 0 Å². The van der Waals surface area contributed by atoms with Crippen LogP contribution in [0.4, 0.5) is 0 Å². The number of hydrogen-bond donors (Lipinski definition) is 1. The fourth-order valence-electron chi connectivity index (χ4n) is 2.04. The van der Waals surface area contributed by atoms with Crippen LogP contribution in [0.2, 0.25) is 0 Å². The first-order valence-electron chi connectivity index (χ1n) is 4.67. The summed E-state index contributed by atoms with van der Waals surface area (Å²) in [5.74, 6) is 0.723. The molecule has 0 saturated heterocycles. The minimum Gasteiger partial charge on any atom is -0.328 e. The second-order valence-electron chi connectivity index (χ2n) is 3.68. The molecule has 0 aromatic heterocycles. The molecule has 2 rings (SSSR count). The zero-order valence-corrected chi connectivity index (χ0v) is 7.24. The Morgan fingerprint density at radius 2 is 1.83 bits per heavy atom. The summed E-state index contributed by atoms with van der Waals surface area (Å²) < 4.78 is 0. The van der Waals surface area contributed by atoms with Crippen LogP contribution in [0.5, 0.6) is 0 Å². The Labute approximate surface area is 73.6 Å². The van der Waals surface area contributed by atoms with Crippen LogP contribution in [0, 0.1) is 0 Å². The molecule has 1 aromatic carbocycles. The van der Waals surface area contributed by atoms with Crippen molar-refractivity contribution >= 4 is 0 Å². The van der Waals surface area contributed by atoms with Crippen molar-refractivity contribution in [1.29, 1.82) is 0 Å². The van der Waals surface area contributed by atoms with Crippen LogP contribution in [0.25, 0.3) is 0 Å².